The molecule has 0 heterocycles. The molecule has 0 atom stereocenters. The van der Waals surface area contributed by atoms with E-state index in [0.717, 1.165) is 0 Å². The number of hydrogen-bond acceptors (Lipinski definition) is 6. The van der Waals surface area contributed by atoms with Crippen LogP contribution in [0, 0.1) is 11.3 Å². The zero-order chi connectivity index (χ0) is 21.2. The van der Waals surface area contributed by atoms with Gasteiger partial charge in [0.05, 0.1) is 18.2 Å². The summed E-state index contributed by atoms with van der Waals surface area (Å²) in [5.74, 6) is -0.294. The zero-order valence-corrected chi connectivity index (χ0v) is 16.5. The molecule has 0 saturated heterocycles. The standard InChI is InChI=1S/C20H20ClN3O5/c1-27-4-5-28-17-8-15(7-16(21)9-17)20(26)24-11-14-3-2-13(10-22)6-18(14)29-12-19(23)25/h2-3,6-9H,4-5,11-12H2,1H3,(H2,23,25)(H,24,26). The van der Waals surface area contributed by atoms with E-state index >= 15 is 0 Å². The minimum atomic E-state index is -0.651. The van der Waals surface area contributed by atoms with Crippen LogP contribution in [-0.2, 0) is 16.1 Å². The first-order valence-electron chi connectivity index (χ1n) is 8.57. The molecule has 3 N–H and O–H groups in total. The third-order valence-corrected chi connectivity index (χ3v) is 3.91. The number of nitrogens with two attached hydrogens (primary N) is 1. The predicted octanol–water partition coefficient (Wildman–Crippen LogP) is 2.03. The molecular weight excluding hydrogens is 398 g/mol. The monoisotopic (exact) mass is 417 g/mol. The number of methoxy groups -OCH3 is 1. The van der Waals surface area contributed by atoms with Crippen LogP contribution in [0.2, 0.25) is 5.02 Å². The average Bonchev–Trinajstić information content (AvgIpc) is 2.70. The van der Waals surface area contributed by atoms with E-state index in [4.69, 9.17) is 36.8 Å². The fraction of sp³-hybridized carbons (Fsp3) is 0.250. The molecule has 0 bridgehead atoms. The van der Waals surface area contributed by atoms with Gasteiger partial charge in [0.25, 0.3) is 11.8 Å². The molecular formula is C20H20ClN3O5. The first-order valence-corrected chi connectivity index (χ1v) is 8.95. The number of carbonyl (C=O) groups excluding carboxylic acids is 2. The maximum absolute atomic E-state index is 12.5. The molecule has 8 nitrogen and oxygen atoms in total. The van der Waals surface area contributed by atoms with Crippen molar-refractivity contribution < 1.29 is 23.8 Å². The van der Waals surface area contributed by atoms with E-state index in [1.165, 1.54) is 12.1 Å². The highest BCUT2D eigenvalue weighted by molar-refractivity contribution is 6.31. The number of carbonyl (C=O) groups is 2. The lowest BCUT2D eigenvalue weighted by Crippen LogP contribution is -2.24. The molecule has 0 aromatic heterocycles. The summed E-state index contributed by atoms with van der Waals surface area (Å²) in [6.45, 7) is 0.488. The summed E-state index contributed by atoms with van der Waals surface area (Å²) < 4.78 is 15.8. The molecule has 0 aliphatic carbocycles. The summed E-state index contributed by atoms with van der Waals surface area (Å²) in [6.07, 6.45) is 0. The molecule has 2 aromatic carbocycles. The highest BCUT2D eigenvalue weighted by atomic mass is 35.5. The Kier molecular flexibility index (Phi) is 8.27. The normalized spacial score (nSPS) is 10.1. The van der Waals surface area contributed by atoms with E-state index in [0.29, 0.717) is 40.7 Å². The van der Waals surface area contributed by atoms with Crippen molar-refractivity contribution in [1.29, 1.82) is 5.26 Å². The Morgan fingerprint density at radius 2 is 1.97 bits per heavy atom. The van der Waals surface area contributed by atoms with Gasteiger partial charge < -0.3 is 25.3 Å². The number of nitrogens with zero attached hydrogens (tertiary/aromatic N) is 1. The summed E-state index contributed by atoms with van der Waals surface area (Å²) in [5, 5.41) is 12.1. The second-order valence-corrected chi connectivity index (χ2v) is 6.33. The van der Waals surface area contributed by atoms with E-state index in [2.05, 4.69) is 5.32 Å². The van der Waals surface area contributed by atoms with Crippen molar-refractivity contribution in [3.8, 4) is 17.6 Å². The van der Waals surface area contributed by atoms with Gasteiger partial charge in [-0.2, -0.15) is 5.26 Å². The predicted molar refractivity (Wildman–Crippen MR) is 106 cm³/mol. The lowest BCUT2D eigenvalue weighted by atomic mass is 10.1. The van der Waals surface area contributed by atoms with E-state index < -0.39 is 5.91 Å². The molecule has 2 amide bonds. The van der Waals surface area contributed by atoms with Crippen molar-refractivity contribution in [3.05, 3.63) is 58.1 Å². The first kappa shape index (κ1) is 22.0. The number of nitriles is 1. The van der Waals surface area contributed by atoms with Crippen LogP contribution >= 0.6 is 11.6 Å². The Morgan fingerprint density at radius 3 is 2.66 bits per heavy atom. The van der Waals surface area contributed by atoms with Crippen molar-refractivity contribution in [3.63, 3.8) is 0 Å². The third-order valence-electron chi connectivity index (χ3n) is 3.70. The van der Waals surface area contributed by atoms with Crippen molar-refractivity contribution in [2.75, 3.05) is 26.9 Å². The van der Waals surface area contributed by atoms with Gasteiger partial charge in [-0.25, -0.2) is 0 Å². The van der Waals surface area contributed by atoms with Crippen molar-refractivity contribution in [2.45, 2.75) is 6.54 Å². The lowest BCUT2D eigenvalue weighted by molar-refractivity contribution is -0.119. The highest BCUT2D eigenvalue weighted by Gasteiger charge is 2.12. The van der Waals surface area contributed by atoms with Crippen LogP contribution in [0.3, 0.4) is 0 Å². The Bertz CT molecular complexity index is 927. The Labute approximate surface area is 173 Å². The number of halogens is 1. The molecule has 0 aliphatic heterocycles. The summed E-state index contributed by atoms with van der Waals surface area (Å²) >= 11 is 6.07. The molecule has 0 fully saturated rings. The smallest absolute Gasteiger partial charge is 0.255 e. The molecule has 0 radical (unpaired) electrons. The molecule has 0 saturated carbocycles. The van der Waals surface area contributed by atoms with E-state index in [1.54, 1.807) is 31.4 Å². The summed E-state index contributed by atoms with van der Waals surface area (Å²) in [7, 11) is 1.56. The van der Waals surface area contributed by atoms with Gasteiger partial charge in [-0.3, -0.25) is 9.59 Å². The molecule has 0 spiro atoms. The quantitative estimate of drug-likeness (QED) is 0.570. The van der Waals surface area contributed by atoms with Gasteiger partial charge in [0, 0.05) is 29.8 Å². The third kappa shape index (κ3) is 6.99. The summed E-state index contributed by atoms with van der Waals surface area (Å²) in [5.41, 5.74) is 6.35. The maximum atomic E-state index is 12.5. The topological polar surface area (TPSA) is 124 Å². The van der Waals surface area contributed by atoms with E-state index in [9.17, 15) is 9.59 Å². The van der Waals surface area contributed by atoms with Crippen LogP contribution in [0.5, 0.6) is 11.5 Å². The number of hydrogen-bond donors (Lipinski definition) is 2. The molecule has 152 valence electrons. The first-order chi connectivity index (χ1) is 13.9. The number of ether oxygens (including phenoxy) is 3. The highest BCUT2D eigenvalue weighted by Crippen LogP contribution is 2.23. The van der Waals surface area contributed by atoms with E-state index in [-0.39, 0.29) is 24.8 Å². The van der Waals surface area contributed by atoms with Gasteiger partial charge >= 0.3 is 0 Å². The average molecular weight is 418 g/mol. The largest absolute Gasteiger partial charge is 0.491 e. The molecule has 2 rings (SSSR count). The number of nitrogens with one attached hydrogen (secondary N) is 1. The van der Waals surface area contributed by atoms with Crippen LogP contribution in [0.1, 0.15) is 21.5 Å². The van der Waals surface area contributed by atoms with Crippen LogP contribution in [0.25, 0.3) is 0 Å². The summed E-state index contributed by atoms with van der Waals surface area (Å²) in [6, 6.07) is 11.4. The maximum Gasteiger partial charge on any atom is 0.255 e. The fourth-order valence-corrected chi connectivity index (χ4v) is 2.58. The minimum absolute atomic E-state index is 0.102. The van der Waals surface area contributed by atoms with Crippen molar-refractivity contribution in [1.82, 2.24) is 5.32 Å². The minimum Gasteiger partial charge on any atom is -0.491 e. The van der Waals surface area contributed by atoms with Crippen LogP contribution in [0.15, 0.2) is 36.4 Å². The molecule has 9 heteroatoms. The Morgan fingerprint density at radius 1 is 1.17 bits per heavy atom. The molecule has 29 heavy (non-hydrogen) atoms. The zero-order valence-electron chi connectivity index (χ0n) is 15.7. The number of amides is 2. The fourth-order valence-electron chi connectivity index (χ4n) is 2.35. The Hall–Kier alpha value is -3.28. The number of rotatable bonds is 10. The second kappa shape index (κ2) is 10.9. The summed E-state index contributed by atoms with van der Waals surface area (Å²) in [4.78, 5) is 23.5. The van der Waals surface area contributed by atoms with Gasteiger partial charge in [-0.1, -0.05) is 17.7 Å². The Balaban J connectivity index is 2.10. The number of benzene rings is 2. The molecule has 0 unspecified atom stereocenters. The number of primary amides is 1. The van der Waals surface area contributed by atoms with Crippen LogP contribution in [-0.4, -0.2) is 38.7 Å². The van der Waals surface area contributed by atoms with Gasteiger partial charge in [0.1, 0.15) is 18.1 Å². The SMILES string of the molecule is COCCOc1cc(Cl)cc(C(=O)NCc2ccc(C#N)cc2OCC(N)=O)c1. The molecule has 0 aliphatic rings. The molecule has 2 aromatic rings. The van der Waals surface area contributed by atoms with Crippen LogP contribution < -0.4 is 20.5 Å². The van der Waals surface area contributed by atoms with Crippen molar-refractivity contribution >= 4 is 23.4 Å². The lowest BCUT2D eigenvalue weighted by Gasteiger charge is -2.13. The second-order valence-electron chi connectivity index (χ2n) is 5.89. The van der Waals surface area contributed by atoms with Gasteiger partial charge in [0.2, 0.25) is 0 Å². The van der Waals surface area contributed by atoms with Gasteiger partial charge in [-0.05, 0) is 30.3 Å². The van der Waals surface area contributed by atoms with Gasteiger partial charge in [0.15, 0.2) is 6.61 Å². The van der Waals surface area contributed by atoms with Gasteiger partial charge in [-0.15, -0.1) is 0 Å². The van der Waals surface area contributed by atoms with E-state index in [1.807, 2.05) is 6.07 Å². The van der Waals surface area contributed by atoms with Crippen molar-refractivity contribution in [2.24, 2.45) is 5.73 Å². The van der Waals surface area contributed by atoms with Crippen LogP contribution in [0.4, 0.5) is 0 Å².